The summed E-state index contributed by atoms with van der Waals surface area (Å²) in [6.07, 6.45) is 0. The molecule has 0 atom stereocenters. The van der Waals surface area contributed by atoms with Gasteiger partial charge >= 0.3 is 0 Å². The van der Waals surface area contributed by atoms with Gasteiger partial charge in [-0.2, -0.15) is 0 Å². The second-order valence-corrected chi connectivity index (χ2v) is 6.91. The Morgan fingerprint density at radius 3 is 2.50 bits per heavy atom. The van der Waals surface area contributed by atoms with E-state index in [1.807, 2.05) is 31.2 Å². The van der Waals surface area contributed by atoms with E-state index in [9.17, 15) is 9.18 Å². The van der Waals surface area contributed by atoms with Crippen molar-refractivity contribution in [2.24, 2.45) is 0 Å². The van der Waals surface area contributed by atoms with E-state index in [1.54, 1.807) is 29.5 Å². The minimum Gasteiger partial charge on any atom is -0.497 e. The summed E-state index contributed by atoms with van der Waals surface area (Å²) in [5.41, 5.74) is 2.00. The molecule has 0 spiro atoms. The van der Waals surface area contributed by atoms with Crippen molar-refractivity contribution in [3.05, 3.63) is 64.9 Å². The van der Waals surface area contributed by atoms with Crippen LogP contribution in [0.5, 0.6) is 11.5 Å². The van der Waals surface area contributed by atoms with Gasteiger partial charge in [-0.25, -0.2) is 9.37 Å². The Kier molecular flexibility index (Phi) is 6.26. The highest BCUT2D eigenvalue weighted by Gasteiger charge is 2.19. The third-order valence-electron chi connectivity index (χ3n) is 4.32. The van der Waals surface area contributed by atoms with E-state index in [1.165, 1.54) is 24.5 Å². The number of benzene rings is 2. The highest BCUT2D eigenvalue weighted by atomic mass is 32.1. The molecular weight excluding hydrogens is 379 g/mol. The van der Waals surface area contributed by atoms with Crippen LogP contribution in [0.1, 0.15) is 23.0 Å². The van der Waals surface area contributed by atoms with E-state index in [-0.39, 0.29) is 11.7 Å². The average Bonchev–Trinajstić information content (AvgIpc) is 3.22. The smallest absolute Gasteiger partial charge is 0.273 e. The molecule has 1 amide bonds. The zero-order valence-corrected chi connectivity index (χ0v) is 16.8. The summed E-state index contributed by atoms with van der Waals surface area (Å²) in [5, 5.41) is 2.51. The van der Waals surface area contributed by atoms with E-state index in [0.29, 0.717) is 24.3 Å². The van der Waals surface area contributed by atoms with Crippen LogP contribution in [0.3, 0.4) is 0 Å². The van der Waals surface area contributed by atoms with Crippen molar-refractivity contribution in [1.29, 1.82) is 0 Å². The minimum absolute atomic E-state index is 0.182. The molecule has 0 aliphatic rings. The molecule has 3 rings (SSSR count). The second kappa shape index (κ2) is 8.84. The topological polar surface area (TPSA) is 51.7 Å². The maximum Gasteiger partial charge on any atom is 0.273 e. The summed E-state index contributed by atoms with van der Waals surface area (Å²) in [6.45, 7) is 2.67. The molecule has 0 N–H and O–H groups in total. The standard InChI is InChI=1S/C21H21FN2O3S/c1-4-24(12-14-5-10-19(27-3)17(22)11-14)21(25)18-13-28-20(23-18)15-6-8-16(26-2)9-7-15/h5-11,13H,4,12H2,1-3H3. The predicted molar refractivity (Wildman–Crippen MR) is 107 cm³/mol. The van der Waals surface area contributed by atoms with Crippen molar-refractivity contribution in [2.75, 3.05) is 20.8 Å². The number of hydrogen-bond acceptors (Lipinski definition) is 5. The largest absolute Gasteiger partial charge is 0.497 e. The van der Waals surface area contributed by atoms with Crippen molar-refractivity contribution in [3.63, 3.8) is 0 Å². The highest BCUT2D eigenvalue weighted by Crippen LogP contribution is 2.26. The van der Waals surface area contributed by atoms with Crippen molar-refractivity contribution >= 4 is 17.2 Å². The molecule has 0 aliphatic heterocycles. The van der Waals surface area contributed by atoms with E-state index in [4.69, 9.17) is 9.47 Å². The fraction of sp³-hybridized carbons (Fsp3) is 0.238. The first-order valence-corrected chi connectivity index (χ1v) is 9.65. The molecule has 0 saturated heterocycles. The van der Waals surface area contributed by atoms with Gasteiger partial charge in [0.05, 0.1) is 14.2 Å². The number of thiazole rings is 1. The molecule has 2 aromatic carbocycles. The Balaban J connectivity index is 1.76. The van der Waals surface area contributed by atoms with Crippen molar-refractivity contribution in [2.45, 2.75) is 13.5 Å². The summed E-state index contributed by atoms with van der Waals surface area (Å²) in [4.78, 5) is 19.0. The second-order valence-electron chi connectivity index (χ2n) is 6.05. The van der Waals surface area contributed by atoms with Gasteiger partial charge in [-0.15, -0.1) is 11.3 Å². The lowest BCUT2D eigenvalue weighted by Gasteiger charge is -2.20. The van der Waals surface area contributed by atoms with Crippen molar-refractivity contribution in [3.8, 4) is 22.1 Å². The molecule has 3 aromatic rings. The van der Waals surface area contributed by atoms with Crippen LogP contribution < -0.4 is 9.47 Å². The molecule has 0 unspecified atom stereocenters. The first kappa shape index (κ1) is 19.8. The lowest BCUT2D eigenvalue weighted by molar-refractivity contribution is 0.0747. The summed E-state index contributed by atoms with van der Waals surface area (Å²) in [5.74, 6) is 0.316. The Morgan fingerprint density at radius 2 is 1.89 bits per heavy atom. The first-order valence-electron chi connectivity index (χ1n) is 8.77. The summed E-state index contributed by atoms with van der Waals surface area (Å²) in [6, 6.07) is 12.2. The molecule has 5 nitrogen and oxygen atoms in total. The molecule has 0 bridgehead atoms. The zero-order chi connectivity index (χ0) is 20.1. The van der Waals surface area contributed by atoms with Crippen LogP contribution in [0.2, 0.25) is 0 Å². The number of carbonyl (C=O) groups excluding carboxylic acids is 1. The molecule has 0 saturated carbocycles. The number of rotatable bonds is 7. The van der Waals surface area contributed by atoms with Crippen LogP contribution in [-0.2, 0) is 6.54 Å². The van der Waals surface area contributed by atoms with Gasteiger partial charge in [-0.05, 0) is 48.9 Å². The zero-order valence-electron chi connectivity index (χ0n) is 15.9. The van der Waals surface area contributed by atoms with Gasteiger partial charge in [0.1, 0.15) is 16.5 Å². The van der Waals surface area contributed by atoms with Gasteiger partial charge < -0.3 is 14.4 Å². The molecule has 146 valence electrons. The molecular formula is C21H21FN2O3S. The van der Waals surface area contributed by atoms with E-state index >= 15 is 0 Å². The number of halogens is 1. The van der Waals surface area contributed by atoms with Crippen LogP contribution in [-0.4, -0.2) is 36.6 Å². The number of ether oxygens (including phenoxy) is 2. The Bertz CT molecular complexity index is 957. The highest BCUT2D eigenvalue weighted by molar-refractivity contribution is 7.13. The van der Waals surface area contributed by atoms with Crippen LogP contribution in [0, 0.1) is 5.82 Å². The third kappa shape index (κ3) is 4.31. The number of amides is 1. The number of methoxy groups -OCH3 is 2. The van der Waals surface area contributed by atoms with Crippen molar-refractivity contribution in [1.82, 2.24) is 9.88 Å². The van der Waals surface area contributed by atoms with Crippen LogP contribution >= 0.6 is 11.3 Å². The van der Waals surface area contributed by atoms with Gasteiger partial charge in [0, 0.05) is 24.0 Å². The summed E-state index contributed by atoms with van der Waals surface area (Å²) < 4.78 is 24.0. The third-order valence-corrected chi connectivity index (χ3v) is 5.21. The lowest BCUT2D eigenvalue weighted by atomic mass is 10.2. The minimum atomic E-state index is -0.445. The number of nitrogens with zero attached hydrogens (tertiary/aromatic N) is 2. The van der Waals surface area contributed by atoms with Crippen LogP contribution in [0.25, 0.3) is 10.6 Å². The Labute approximate surface area is 167 Å². The normalized spacial score (nSPS) is 10.6. The maximum absolute atomic E-state index is 13.9. The summed E-state index contributed by atoms with van der Waals surface area (Å²) in [7, 11) is 3.03. The number of aromatic nitrogens is 1. The number of hydrogen-bond donors (Lipinski definition) is 0. The summed E-state index contributed by atoms with van der Waals surface area (Å²) >= 11 is 1.41. The molecule has 1 aromatic heterocycles. The molecule has 0 fully saturated rings. The lowest BCUT2D eigenvalue weighted by Crippen LogP contribution is -2.30. The fourth-order valence-electron chi connectivity index (χ4n) is 2.76. The fourth-order valence-corrected chi connectivity index (χ4v) is 3.56. The SMILES string of the molecule is CCN(Cc1ccc(OC)c(F)c1)C(=O)c1csc(-c2ccc(OC)cc2)n1. The van der Waals surface area contributed by atoms with E-state index < -0.39 is 5.82 Å². The Hall–Kier alpha value is -2.93. The van der Waals surface area contributed by atoms with Gasteiger partial charge in [-0.1, -0.05) is 6.07 Å². The molecule has 1 heterocycles. The monoisotopic (exact) mass is 400 g/mol. The quantitative estimate of drug-likeness (QED) is 0.580. The van der Waals surface area contributed by atoms with Gasteiger partial charge in [-0.3, -0.25) is 4.79 Å². The molecule has 0 radical (unpaired) electrons. The average molecular weight is 400 g/mol. The van der Waals surface area contributed by atoms with E-state index in [0.717, 1.165) is 16.3 Å². The van der Waals surface area contributed by atoms with Gasteiger partial charge in [0.15, 0.2) is 11.6 Å². The van der Waals surface area contributed by atoms with Crippen LogP contribution in [0.15, 0.2) is 47.8 Å². The first-order chi connectivity index (χ1) is 13.5. The van der Waals surface area contributed by atoms with E-state index in [2.05, 4.69) is 4.98 Å². The molecule has 0 aliphatic carbocycles. The van der Waals surface area contributed by atoms with Gasteiger partial charge in [0.2, 0.25) is 0 Å². The van der Waals surface area contributed by atoms with Crippen molar-refractivity contribution < 1.29 is 18.7 Å². The number of carbonyl (C=O) groups is 1. The molecule has 28 heavy (non-hydrogen) atoms. The van der Waals surface area contributed by atoms with Gasteiger partial charge in [0.25, 0.3) is 5.91 Å². The van der Waals surface area contributed by atoms with Crippen LogP contribution in [0.4, 0.5) is 4.39 Å². The molecule has 7 heteroatoms. The Morgan fingerprint density at radius 1 is 1.14 bits per heavy atom. The maximum atomic E-state index is 13.9. The predicted octanol–water partition coefficient (Wildman–Crippen LogP) is 4.63.